The second-order valence-electron chi connectivity index (χ2n) is 7.65. The Morgan fingerprint density at radius 2 is 2.04 bits per heavy atom. The van der Waals surface area contributed by atoms with Crippen molar-refractivity contribution in [1.29, 1.82) is 0 Å². The van der Waals surface area contributed by atoms with Gasteiger partial charge in [-0.15, -0.1) is 0 Å². The van der Waals surface area contributed by atoms with E-state index in [1.807, 2.05) is 10.9 Å². The van der Waals surface area contributed by atoms with Crippen molar-refractivity contribution in [3.8, 4) is 17.0 Å². The Morgan fingerprint density at radius 1 is 1.29 bits per heavy atom. The molecule has 1 saturated carbocycles. The maximum Gasteiger partial charge on any atom is 0.416 e. The van der Waals surface area contributed by atoms with Crippen LogP contribution in [0.5, 0.6) is 5.75 Å². The van der Waals surface area contributed by atoms with E-state index >= 15 is 0 Å². The van der Waals surface area contributed by atoms with Crippen molar-refractivity contribution in [2.24, 2.45) is 0 Å². The summed E-state index contributed by atoms with van der Waals surface area (Å²) in [6.07, 6.45) is -0.957. The smallest absolute Gasteiger partial charge is 0.416 e. The molecule has 1 atom stereocenters. The van der Waals surface area contributed by atoms with Gasteiger partial charge in [0.2, 0.25) is 0 Å². The molecule has 0 radical (unpaired) electrons. The molecule has 1 aromatic carbocycles. The SMILES string of the molecule is Cc1cc(C(F)(F)F)cc(O)c1-c1ccc2cn(C34CC(C3)S(=O)C4)nc2n1. The molecule has 0 amide bonds. The molecule has 2 saturated heterocycles. The molecular formula is C19H16F3N3O2S. The summed E-state index contributed by atoms with van der Waals surface area (Å²) in [6.45, 7) is 1.51. The summed E-state index contributed by atoms with van der Waals surface area (Å²) in [6, 6.07) is 5.17. The number of nitrogens with zero attached hydrogens (tertiary/aromatic N) is 3. The monoisotopic (exact) mass is 407 g/mol. The van der Waals surface area contributed by atoms with E-state index in [0.29, 0.717) is 23.2 Å². The minimum atomic E-state index is -4.53. The van der Waals surface area contributed by atoms with Gasteiger partial charge in [-0.2, -0.15) is 18.3 Å². The first-order valence-electron chi connectivity index (χ1n) is 8.82. The number of benzene rings is 1. The van der Waals surface area contributed by atoms with Crippen LogP contribution in [0.2, 0.25) is 0 Å². The lowest BCUT2D eigenvalue weighted by Gasteiger charge is -2.36. The van der Waals surface area contributed by atoms with Crippen LogP contribution in [0.15, 0.2) is 30.5 Å². The first-order valence-corrected chi connectivity index (χ1v) is 10.2. The molecule has 3 aliphatic rings. The van der Waals surface area contributed by atoms with Crippen LogP contribution in [-0.2, 0) is 22.5 Å². The summed E-state index contributed by atoms with van der Waals surface area (Å²) >= 11 is 0. The fourth-order valence-corrected chi connectivity index (χ4v) is 6.40. The average Bonchev–Trinajstić information content (AvgIpc) is 3.22. The van der Waals surface area contributed by atoms with Gasteiger partial charge in [-0.25, -0.2) is 4.98 Å². The van der Waals surface area contributed by atoms with Crippen LogP contribution in [0.3, 0.4) is 0 Å². The molecule has 28 heavy (non-hydrogen) atoms. The Labute approximate surface area is 160 Å². The fourth-order valence-electron chi connectivity index (χ4n) is 4.28. The largest absolute Gasteiger partial charge is 0.507 e. The van der Waals surface area contributed by atoms with Crippen LogP contribution in [-0.4, -0.2) is 35.1 Å². The zero-order valence-corrected chi connectivity index (χ0v) is 15.6. The van der Waals surface area contributed by atoms with Crippen molar-refractivity contribution in [1.82, 2.24) is 14.8 Å². The van der Waals surface area contributed by atoms with Crippen molar-refractivity contribution >= 4 is 21.8 Å². The Kier molecular flexibility index (Phi) is 3.51. The van der Waals surface area contributed by atoms with Gasteiger partial charge >= 0.3 is 6.18 Å². The Balaban J connectivity index is 1.57. The molecule has 1 N–H and O–H groups in total. The number of aromatic nitrogens is 3. The maximum absolute atomic E-state index is 12.9. The van der Waals surface area contributed by atoms with E-state index in [4.69, 9.17) is 0 Å². The predicted molar refractivity (Wildman–Crippen MR) is 98.4 cm³/mol. The van der Waals surface area contributed by atoms with Crippen molar-refractivity contribution in [3.63, 3.8) is 0 Å². The topological polar surface area (TPSA) is 68.0 Å². The molecule has 4 heterocycles. The van der Waals surface area contributed by atoms with E-state index < -0.39 is 28.3 Å². The molecule has 1 unspecified atom stereocenters. The average molecular weight is 407 g/mol. The van der Waals surface area contributed by atoms with E-state index in [2.05, 4.69) is 10.1 Å². The van der Waals surface area contributed by atoms with E-state index in [-0.39, 0.29) is 21.9 Å². The zero-order chi connectivity index (χ0) is 19.8. The van der Waals surface area contributed by atoms with Gasteiger partial charge in [0.1, 0.15) is 5.75 Å². The molecule has 9 heteroatoms. The molecule has 6 rings (SSSR count). The molecule has 2 bridgehead atoms. The second kappa shape index (κ2) is 5.56. The lowest BCUT2D eigenvalue weighted by atomic mass is 9.79. The van der Waals surface area contributed by atoms with Gasteiger partial charge in [-0.05, 0) is 49.6 Å². The Bertz CT molecular complexity index is 1130. The number of phenolic OH excluding ortho intramolecular Hbond substituents is 1. The third kappa shape index (κ3) is 2.48. The highest BCUT2D eigenvalue weighted by atomic mass is 32.2. The van der Waals surface area contributed by atoms with Crippen LogP contribution < -0.4 is 0 Å². The highest BCUT2D eigenvalue weighted by molar-refractivity contribution is 7.86. The van der Waals surface area contributed by atoms with Crippen LogP contribution >= 0.6 is 0 Å². The second-order valence-corrected chi connectivity index (χ2v) is 9.36. The van der Waals surface area contributed by atoms with E-state index in [0.717, 1.165) is 24.3 Å². The van der Waals surface area contributed by atoms with Gasteiger partial charge < -0.3 is 5.11 Å². The lowest BCUT2D eigenvalue weighted by molar-refractivity contribution is -0.137. The van der Waals surface area contributed by atoms with Crippen LogP contribution in [0.25, 0.3) is 22.3 Å². The van der Waals surface area contributed by atoms with E-state index in [1.54, 1.807) is 12.1 Å². The molecule has 146 valence electrons. The first kappa shape index (κ1) is 17.7. The van der Waals surface area contributed by atoms with Gasteiger partial charge in [-0.3, -0.25) is 8.89 Å². The summed E-state index contributed by atoms with van der Waals surface area (Å²) in [5.41, 5.74) is 0.248. The molecule has 2 aromatic heterocycles. The highest BCUT2D eigenvalue weighted by Gasteiger charge is 2.57. The van der Waals surface area contributed by atoms with Gasteiger partial charge in [0.05, 0.1) is 16.8 Å². The Hall–Kier alpha value is -2.42. The Morgan fingerprint density at radius 3 is 2.64 bits per heavy atom. The normalized spacial score (nSPS) is 26.6. The van der Waals surface area contributed by atoms with Crippen LogP contribution in [0.1, 0.15) is 24.0 Å². The van der Waals surface area contributed by atoms with Crippen LogP contribution in [0.4, 0.5) is 13.2 Å². The van der Waals surface area contributed by atoms with Gasteiger partial charge in [0.15, 0.2) is 5.65 Å². The minimum Gasteiger partial charge on any atom is -0.507 e. The third-order valence-corrected chi connectivity index (χ3v) is 7.65. The fraction of sp³-hybridized carbons (Fsp3) is 0.368. The molecule has 0 spiro atoms. The zero-order valence-electron chi connectivity index (χ0n) is 14.8. The number of fused-ring (bicyclic) bond motifs is 2. The first-order chi connectivity index (χ1) is 13.2. The number of rotatable bonds is 2. The molecule has 3 fully saturated rings. The van der Waals surface area contributed by atoms with E-state index in [1.165, 1.54) is 6.92 Å². The summed E-state index contributed by atoms with van der Waals surface area (Å²) in [5.74, 6) is 0.127. The number of hydrogen-bond acceptors (Lipinski definition) is 4. The third-order valence-electron chi connectivity index (χ3n) is 5.75. The molecule has 3 aromatic rings. The van der Waals surface area contributed by atoms with Crippen molar-refractivity contribution < 1.29 is 22.5 Å². The summed E-state index contributed by atoms with van der Waals surface area (Å²) in [4.78, 5) is 4.47. The predicted octanol–water partition coefficient (Wildman–Crippen LogP) is 3.75. The van der Waals surface area contributed by atoms with E-state index in [9.17, 15) is 22.5 Å². The number of hydrogen-bond donors (Lipinski definition) is 1. The van der Waals surface area contributed by atoms with Crippen molar-refractivity contribution in [2.75, 3.05) is 5.75 Å². The van der Waals surface area contributed by atoms with Gasteiger partial charge in [0.25, 0.3) is 0 Å². The van der Waals surface area contributed by atoms with Crippen molar-refractivity contribution in [3.05, 3.63) is 41.6 Å². The number of phenols is 1. The summed E-state index contributed by atoms with van der Waals surface area (Å²) < 4.78 is 52.7. The number of aryl methyl sites for hydroxylation is 1. The van der Waals surface area contributed by atoms with Crippen molar-refractivity contribution in [2.45, 2.75) is 36.7 Å². The lowest BCUT2D eigenvalue weighted by Crippen LogP contribution is -2.43. The number of halogens is 3. The highest BCUT2D eigenvalue weighted by Crippen LogP contribution is 2.50. The molecular weight excluding hydrogens is 391 g/mol. The van der Waals surface area contributed by atoms with Gasteiger partial charge in [0, 0.05) is 38.9 Å². The molecule has 5 nitrogen and oxygen atoms in total. The number of pyridine rings is 1. The molecule has 2 aliphatic heterocycles. The number of aromatic hydroxyl groups is 1. The minimum absolute atomic E-state index is 0.206. The summed E-state index contributed by atoms with van der Waals surface area (Å²) in [5, 5.41) is 15.8. The van der Waals surface area contributed by atoms with Gasteiger partial charge in [-0.1, -0.05) is 0 Å². The summed E-state index contributed by atoms with van der Waals surface area (Å²) in [7, 11) is -0.811. The van der Waals surface area contributed by atoms with Crippen LogP contribution in [0, 0.1) is 6.92 Å². The molecule has 1 aliphatic carbocycles. The standard InChI is InChI=1S/C19H16F3N3O2S/c1-10-4-12(19(20,21)22)5-15(26)16(10)14-3-2-11-8-25(24-17(11)23-14)18-6-13(7-18)28(27)9-18/h2-5,8,13,26H,6-7,9H2,1H3. The maximum atomic E-state index is 12.9. The quantitative estimate of drug-likeness (QED) is 0.703. The number of alkyl halides is 3.